The first-order valence-electron chi connectivity index (χ1n) is 6.38. The maximum Gasteiger partial charge on any atom is 0.220 e. The van der Waals surface area contributed by atoms with Crippen molar-refractivity contribution in [2.24, 2.45) is 5.73 Å². The molecule has 1 rings (SSSR count). The van der Waals surface area contributed by atoms with E-state index in [1.54, 1.807) is 0 Å². The first-order valence-corrected chi connectivity index (χ1v) is 6.38. The highest BCUT2D eigenvalue weighted by Gasteiger charge is 2.00. The van der Waals surface area contributed by atoms with Crippen LogP contribution in [-0.2, 0) is 4.79 Å². The highest BCUT2D eigenvalue weighted by molar-refractivity contribution is 5.75. The molecule has 0 saturated heterocycles. The van der Waals surface area contributed by atoms with Crippen LogP contribution >= 0.6 is 0 Å². The van der Waals surface area contributed by atoms with Crippen molar-refractivity contribution in [3.05, 3.63) is 29.8 Å². The minimum Gasteiger partial charge on any atom is -0.494 e. The number of hydrogen-bond donors (Lipinski definition) is 2. The fourth-order valence-corrected chi connectivity index (χ4v) is 1.58. The lowest BCUT2D eigenvalue weighted by molar-refractivity contribution is -0.121. The van der Waals surface area contributed by atoms with E-state index in [2.05, 4.69) is 5.32 Å². The summed E-state index contributed by atoms with van der Waals surface area (Å²) in [5.74, 6) is 0.957. The molecule has 1 amide bonds. The van der Waals surface area contributed by atoms with Gasteiger partial charge in [0.2, 0.25) is 5.91 Å². The van der Waals surface area contributed by atoms with Gasteiger partial charge in [-0.05, 0) is 37.5 Å². The van der Waals surface area contributed by atoms with Gasteiger partial charge in [-0.25, -0.2) is 0 Å². The summed E-state index contributed by atoms with van der Waals surface area (Å²) in [7, 11) is 0. The molecule has 0 aliphatic rings. The Morgan fingerprint density at radius 3 is 2.94 bits per heavy atom. The molecule has 0 unspecified atom stereocenters. The molecule has 0 aliphatic heterocycles. The van der Waals surface area contributed by atoms with Crippen molar-refractivity contribution in [2.45, 2.75) is 26.2 Å². The third-order valence-electron chi connectivity index (χ3n) is 2.52. The quantitative estimate of drug-likeness (QED) is 0.689. The van der Waals surface area contributed by atoms with Crippen molar-refractivity contribution in [3.63, 3.8) is 0 Å². The van der Waals surface area contributed by atoms with E-state index in [1.165, 1.54) is 5.56 Å². The Morgan fingerprint density at radius 2 is 2.22 bits per heavy atom. The molecule has 0 fully saturated rings. The van der Waals surface area contributed by atoms with E-state index >= 15 is 0 Å². The van der Waals surface area contributed by atoms with E-state index in [-0.39, 0.29) is 5.91 Å². The molecule has 3 N–H and O–H groups in total. The van der Waals surface area contributed by atoms with Gasteiger partial charge in [0.15, 0.2) is 0 Å². The van der Waals surface area contributed by atoms with Gasteiger partial charge in [-0.15, -0.1) is 0 Å². The number of aryl methyl sites for hydroxylation is 1. The highest BCUT2D eigenvalue weighted by atomic mass is 16.5. The number of nitrogens with one attached hydrogen (secondary N) is 1. The van der Waals surface area contributed by atoms with E-state index in [4.69, 9.17) is 10.5 Å². The molecule has 1 aromatic rings. The molecule has 0 heterocycles. The average Bonchev–Trinajstić information content (AvgIpc) is 2.36. The molecule has 0 spiro atoms. The monoisotopic (exact) mass is 250 g/mol. The Labute approximate surface area is 109 Å². The molecule has 0 atom stereocenters. The second kappa shape index (κ2) is 8.53. The number of unbranched alkanes of at least 4 members (excludes halogenated alkanes) is 1. The molecule has 1 aromatic carbocycles. The molecule has 0 aromatic heterocycles. The predicted octanol–water partition coefficient (Wildman–Crippen LogP) is 1.62. The molecule has 0 aliphatic carbocycles. The van der Waals surface area contributed by atoms with Gasteiger partial charge in [0.1, 0.15) is 5.75 Å². The molecular weight excluding hydrogens is 228 g/mol. The lowest BCUT2D eigenvalue weighted by Crippen LogP contribution is -2.28. The zero-order chi connectivity index (χ0) is 13.2. The zero-order valence-electron chi connectivity index (χ0n) is 10.9. The standard InChI is InChI=1S/C14H22N2O2/c1-12-5-4-6-13(11-12)18-10-3-2-7-14(17)16-9-8-15/h4-6,11H,2-3,7-10,15H2,1H3,(H,16,17). The maximum atomic E-state index is 11.3. The normalized spacial score (nSPS) is 10.1. The number of rotatable bonds is 8. The smallest absolute Gasteiger partial charge is 0.220 e. The Bertz CT molecular complexity index is 367. The van der Waals surface area contributed by atoms with Crippen LogP contribution in [0.1, 0.15) is 24.8 Å². The molecular formula is C14H22N2O2. The van der Waals surface area contributed by atoms with Crippen LogP contribution in [0.3, 0.4) is 0 Å². The number of carbonyl (C=O) groups excluding carboxylic acids is 1. The molecule has 0 radical (unpaired) electrons. The van der Waals surface area contributed by atoms with Gasteiger partial charge in [-0.3, -0.25) is 4.79 Å². The van der Waals surface area contributed by atoms with E-state index < -0.39 is 0 Å². The summed E-state index contributed by atoms with van der Waals surface area (Å²) < 4.78 is 5.60. The number of benzene rings is 1. The lowest BCUT2D eigenvalue weighted by Gasteiger charge is -2.07. The van der Waals surface area contributed by atoms with Crippen LogP contribution in [0.5, 0.6) is 5.75 Å². The first kappa shape index (κ1) is 14.5. The van der Waals surface area contributed by atoms with Crippen LogP contribution in [0.25, 0.3) is 0 Å². The molecule has 18 heavy (non-hydrogen) atoms. The summed E-state index contributed by atoms with van der Waals surface area (Å²) in [6.07, 6.45) is 2.25. The largest absolute Gasteiger partial charge is 0.494 e. The van der Waals surface area contributed by atoms with Gasteiger partial charge in [-0.1, -0.05) is 12.1 Å². The summed E-state index contributed by atoms with van der Waals surface area (Å²) in [5, 5.41) is 2.74. The van der Waals surface area contributed by atoms with Gasteiger partial charge in [0.05, 0.1) is 6.61 Å². The van der Waals surface area contributed by atoms with Gasteiger partial charge in [0, 0.05) is 19.5 Å². The number of amides is 1. The second-order valence-corrected chi connectivity index (χ2v) is 4.26. The number of carbonyl (C=O) groups is 1. The Balaban J connectivity index is 2.07. The van der Waals surface area contributed by atoms with Crippen LogP contribution in [0.4, 0.5) is 0 Å². The van der Waals surface area contributed by atoms with Crippen molar-refractivity contribution in [1.29, 1.82) is 0 Å². The van der Waals surface area contributed by atoms with Crippen molar-refractivity contribution in [3.8, 4) is 5.75 Å². The SMILES string of the molecule is Cc1cccc(OCCCCC(=O)NCCN)c1. The second-order valence-electron chi connectivity index (χ2n) is 4.26. The summed E-state index contributed by atoms with van der Waals surface area (Å²) in [6.45, 7) is 3.73. The summed E-state index contributed by atoms with van der Waals surface area (Å²) >= 11 is 0. The van der Waals surface area contributed by atoms with Crippen LogP contribution in [0.2, 0.25) is 0 Å². The lowest BCUT2D eigenvalue weighted by atomic mass is 10.2. The molecule has 0 saturated carbocycles. The van der Waals surface area contributed by atoms with E-state index in [1.807, 2.05) is 31.2 Å². The van der Waals surface area contributed by atoms with Crippen molar-refractivity contribution >= 4 is 5.91 Å². The topological polar surface area (TPSA) is 64.3 Å². The van der Waals surface area contributed by atoms with Crippen molar-refractivity contribution in [2.75, 3.05) is 19.7 Å². The summed E-state index contributed by atoms with van der Waals surface area (Å²) in [4.78, 5) is 11.3. The molecule has 0 bridgehead atoms. The van der Waals surface area contributed by atoms with Crippen LogP contribution in [0, 0.1) is 6.92 Å². The Kier molecular flexibility index (Phi) is 6.87. The Morgan fingerprint density at radius 1 is 1.39 bits per heavy atom. The van der Waals surface area contributed by atoms with Gasteiger partial charge in [-0.2, -0.15) is 0 Å². The third kappa shape index (κ3) is 6.25. The summed E-state index contributed by atoms with van der Waals surface area (Å²) in [6, 6.07) is 7.97. The first-order chi connectivity index (χ1) is 8.72. The predicted molar refractivity (Wildman–Crippen MR) is 72.6 cm³/mol. The van der Waals surface area contributed by atoms with Crippen molar-refractivity contribution in [1.82, 2.24) is 5.32 Å². The number of hydrogen-bond acceptors (Lipinski definition) is 3. The number of nitrogens with two attached hydrogens (primary N) is 1. The summed E-state index contributed by atoms with van der Waals surface area (Å²) in [5.41, 5.74) is 6.48. The Hall–Kier alpha value is -1.55. The van der Waals surface area contributed by atoms with Crippen LogP contribution in [-0.4, -0.2) is 25.6 Å². The maximum absolute atomic E-state index is 11.3. The minimum atomic E-state index is 0.0657. The third-order valence-corrected chi connectivity index (χ3v) is 2.52. The van der Waals surface area contributed by atoms with Crippen LogP contribution in [0.15, 0.2) is 24.3 Å². The minimum absolute atomic E-state index is 0.0657. The van der Waals surface area contributed by atoms with Crippen LogP contribution < -0.4 is 15.8 Å². The average molecular weight is 250 g/mol. The van der Waals surface area contributed by atoms with Gasteiger partial charge >= 0.3 is 0 Å². The number of ether oxygens (including phenoxy) is 1. The zero-order valence-corrected chi connectivity index (χ0v) is 10.9. The van der Waals surface area contributed by atoms with Gasteiger partial charge in [0.25, 0.3) is 0 Å². The van der Waals surface area contributed by atoms with Crippen molar-refractivity contribution < 1.29 is 9.53 Å². The molecule has 4 heteroatoms. The molecule has 100 valence electrons. The molecule has 4 nitrogen and oxygen atoms in total. The fourth-order valence-electron chi connectivity index (χ4n) is 1.58. The van der Waals surface area contributed by atoms with E-state index in [9.17, 15) is 4.79 Å². The fraction of sp³-hybridized carbons (Fsp3) is 0.500. The van der Waals surface area contributed by atoms with Gasteiger partial charge < -0.3 is 15.8 Å². The van der Waals surface area contributed by atoms with E-state index in [0.717, 1.165) is 18.6 Å². The van der Waals surface area contributed by atoms with E-state index in [0.29, 0.717) is 26.1 Å². The highest BCUT2D eigenvalue weighted by Crippen LogP contribution is 2.12.